The van der Waals surface area contributed by atoms with Gasteiger partial charge in [-0.05, 0) is 190 Å². The molecule has 4 aliphatic carbocycles. The van der Waals surface area contributed by atoms with Crippen LogP contribution in [0, 0.1) is 0 Å². The first-order chi connectivity index (χ1) is 49.8. The minimum Gasteiger partial charge on any atom is -0.311 e. The molecular formula is C96H63BN4. The molecule has 6 aliphatic rings. The van der Waals surface area contributed by atoms with Gasteiger partial charge in [-0.1, -0.05) is 263 Å². The fourth-order valence-electron chi connectivity index (χ4n) is 20.2. The molecule has 470 valence electrons. The van der Waals surface area contributed by atoms with E-state index in [1.807, 2.05) is 0 Å². The summed E-state index contributed by atoms with van der Waals surface area (Å²) in [7, 11) is 0. The summed E-state index contributed by atoms with van der Waals surface area (Å²) in [5.74, 6) is 0. The number of anilines is 6. The Morgan fingerprint density at radius 1 is 0.257 bits per heavy atom. The Balaban J connectivity index is 0.897. The largest absolute Gasteiger partial charge is 0.311 e. The van der Waals surface area contributed by atoms with Crippen LogP contribution in [0.3, 0.4) is 0 Å². The Hall–Kier alpha value is -12.4. The third kappa shape index (κ3) is 6.87. The highest BCUT2D eigenvalue weighted by Crippen LogP contribution is 2.67. The van der Waals surface area contributed by atoms with E-state index in [1.54, 1.807) is 0 Å². The molecule has 5 heteroatoms. The van der Waals surface area contributed by atoms with Crippen molar-refractivity contribution in [2.24, 2.45) is 0 Å². The summed E-state index contributed by atoms with van der Waals surface area (Å²) < 4.78 is 5.05. The van der Waals surface area contributed by atoms with Crippen molar-refractivity contribution >= 4 is 101 Å². The smallest absolute Gasteiger partial charge is 0.252 e. The molecule has 0 unspecified atom stereocenters. The van der Waals surface area contributed by atoms with Crippen LogP contribution in [-0.4, -0.2) is 15.8 Å². The van der Waals surface area contributed by atoms with Gasteiger partial charge in [0.2, 0.25) is 0 Å². The molecule has 15 aromatic carbocycles. The van der Waals surface area contributed by atoms with Gasteiger partial charge in [0, 0.05) is 66.8 Å². The van der Waals surface area contributed by atoms with E-state index >= 15 is 0 Å². The highest BCUT2D eigenvalue weighted by molar-refractivity contribution is 7.00. The third-order valence-corrected chi connectivity index (χ3v) is 24.0. The Kier molecular flexibility index (Phi) is 10.8. The van der Waals surface area contributed by atoms with Gasteiger partial charge in [0.05, 0.1) is 44.3 Å². The molecule has 23 rings (SSSR count). The first kappa shape index (κ1) is 55.6. The molecule has 17 aromatic rings. The molecule has 0 saturated heterocycles. The van der Waals surface area contributed by atoms with Gasteiger partial charge in [0.15, 0.2) is 0 Å². The molecule has 0 atom stereocenters. The van der Waals surface area contributed by atoms with E-state index in [0.29, 0.717) is 0 Å². The lowest BCUT2D eigenvalue weighted by Crippen LogP contribution is -2.61. The molecule has 0 fully saturated rings. The predicted molar refractivity (Wildman–Crippen MR) is 420 cm³/mol. The predicted octanol–water partition coefficient (Wildman–Crippen LogP) is 21.9. The Morgan fingerprint density at radius 3 is 0.970 bits per heavy atom. The maximum Gasteiger partial charge on any atom is 0.252 e. The second kappa shape index (κ2) is 19.7. The Labute approximate surface area is 586 Å². The van der Waals surface area contributed by atoms with Crippen LogP contribution < -0.4 is 26.2 Å². The summed E-state index contributed by atoms with van der Waals surface area (Å²) in [5.41, 5.74) is 38.6. The van der Waals surface area contributed by atoms with E-state index in [-0.39, 0.29) is 12.1 Å². The number of fused-ring (bicyclic) bond motifs is 30. The zero-order valence-corrected chi connectivity index (χ0v) is 56.0. The zero-order chi connectivity index (χ0) is 66.4. The van der Waals surface area contributed by atoms with Crippen LogP contribution in [0.2, 0.25) is 0 Å². The van der Waals surface area contributed by atoms with Crippen molar-refractivity contribution in [3.8, 4) is 55.9 Å². The molecule has 0 radical (unpaired) electrons. The first-order valence-electron chi connectivity index (χ1n) is 35.7. The Morgan fingerprint density at radius 2 is 0.584 bits per heavy atom. The number of aromatic nitrogens is 2. The molecule has 4 heterocycles. The van der Waals surface area contributed by atoms with E-state index in [4.69, 9.17) is 0 Å². The lowest BCUT2D eigenvalue weighted by Gasteiger charge is -2.46. The van der Waals surface area contributed by atoms with Gasteiger partial charge in [-0.3, -0.25) is 0 Å². The maximum atomic E-state index is 2.75. The van der Waals surface area contributed by atoms with Gasteiger partial charge in [-0.15, -0.1) is 0 Å². The van der Waals surface area contributed by atoms with Crippen molar-refractivity contribution in [2.75, 3.05) is 9.80 Å². The molecule has 0 N–H and O–H groups in total. The van der Waals surface area contributed by atoms with Gasteiger partial charge < -0.3 is 18.9 Å². The van der Waals surface area contributed by atoms with Gasteiger partial charge in [-0.25, -0.2) is 0 Å². The summed E-state index contributed by atoms with van der Waals surface area (Å²) >= 11 is 0. The van der Waals surface area contributed by atoms with Crippen molar-refractivity contribution in [1.82, 2.24) is 9.13 Å². The highest BCUT2D eigenvalue weighted by Gasteiger charge is 2.56. The average Bonchev–Trinajstić information content (AvgIpc) is 1.66. The van der Waals surface area contributed by atoms with Crippen molar-refractivity contribution in [2.45, 2.75) is 37.0 Å². The number of rotatable bonds is 4. The molecule has 0 saturated carbocycles. The highest BCUT2D eigenvalue weighted by atomic mass is 15.2. The summed E-state index contributed by atoms with van der Waals surface area (Å²) in [6.07, 6.45) is 0. The molecule has 2 spiro atoms. The molecular weight excluding hydrogens is 1220 g/mol. The Bertz CT molecular complexity index is 6060. The topological polar surface area (TPSA) is 16.3 Å². The van der Waals surface area contributed by atoms with Crippen LogP contribution in [0.1, 0.15) is 70.8 Å². The number of nitrogens with zero attached hydrogens (tertiary/aromatic N) is 4. The summed E-state index contributed by atoms with van der Waals surface area (Å²) in [4.78, 5) is 5.51. The normalized spacial score (nSPS) is 14.6. The summed E-state index contributed by atoms with van der Waals surface area (Å²) in [6.45, 7) is 6.98. The second-order valence-electron chi connectivity index (χ2n) is 29.7. The monoisotopic (exact) mass is 1280 g/mol. The van der Waals surface area contributed by atoms with E-state index in [2.05, 4.69) is 367 Å². The van der Waals surface area contributed by atoms with E-state index < -0.39 is 10.8 Å². The molecule has 0 amide bonds. The SMILES string of the molecule is CC(C)(C)c1cc2c3c(c1)N(c1cccc4c1-c1ccccc1C41c4ccccc4-c4ccccc41)c1cc4c5ccccc5n(-c5ccccc5)c4cc1B3c1cc3c(cc1N2c1cccc2c1-c1ccccc1C21c2ccccc2-c2ccccc21)c1ccccc1n3-c1ccccc1. The van der Waals surface area contributed by atoms with E-state index in [1.165, 1.54) is 189 Å². The first-order valence-corrected chi connectivity index (χ1v) is 35.7. The molecule has 2 aliphatic heterocycles. The molecule has 2 aromatic heterocycles. The lowest BCUT2D eigenvalue weighted by molar-refractivity contribution is 0.590. The fraction of sp³-hybridized carbons (Fsp3) is 0.0625. The van der Waals surface area contributed by atoms with Crippen LogP contribution in [0.25, 0.3) is 99.5 Å². The van der Waals surface area contributed by atoms with Gasteiger partial charge in [0.1, 0.15) is 0 Å². The molecule has 0 bridgehead atoms. The minimum atomic E-state index is -0.559. The number of para-hydroxylation sites is 4. The number of hydrogen-bond acceptors (Lipinski definition) is 2. The minimum absolute atomic E-state index is 0.252. The van der Waals surface area contributed by atoms with E-state index in [9.17, 15) is 0 Å². The third-order valence-electron chi connectivity index (χ3n) is 24.0. The zero-order valence-electron chi connectivity index (χ0n) is 56.0. The lowest BCUT2D eigenvalue weighted by atomic mass is 9.33. The van der Waals surface area contributed by atoms with Crippen LogP contribution in [0.5, 0.6) is 0 Å². The maximum absolute atomic E-state index is 2.75. The van der Waals surface area contributed by atoms with Crippen LogP contribution >= 0.6 is 0 Å². The van der Waals surface area contributed by atoms with Crippen molar-refractivity contribution < 1.29 is 0 Å². The fourth-order valence-corrected chi connectivity index (χ4v) is 20.2. The van der Waals surface area contributed by atoms with Gasteiger partial charge >= 0.3 is 0 Å². The van der Waals surface area contributed by atoms with Gasteiger partial charge in [0.25, 0.3) is 6.71 Å². The standard InChI is InChI=1S/C96H63BN4/c1-94(2,3)58-52-89-93-90(53-58)101(84-51-27-47-78-92(84)68-39-15-23-45-76(68)96(78)73-42-20-12-34-63(73)64-35-13-21-43-74(64)96)88-55-70-66-37-17-25-49-82(66)99(60-30-8-5-9-31-60)86(70)57-80(88)97(93)79-56-85-69(65-36-16-24-48-81(65)98(85)59-28-6-4-7-29-59)54-87(79)100(89)83-50-26-46-77-91(83)67-38-14-22-44-75(67)95(77)71-40-18-10-32-61(71)62-33-11-19-41-72(62)95/h4-57H,1-3H3. The summed E-state index contributed by atoms with van der Waals surface area (Å²) in [5, 5.41) is 4.87. The molecule has 101 heavy (non-hydrogen) atoms. The molecule has 4 nitrogen and oxygen atoms in total. The quantitative estimate of drug-likeness (QED) is 0.163. The van der Waals surface area contributed by atoms with E-state index in [0.717, 1.165) is 11.4 Å². The average molecular weight is 1280 g/mol. The number of benzene rings is 15. The van der Waals surface area contributed by atoms with Crippen LogP contribution in [0.4, 0.5) is 34.1 Å². The summed E-state index contributed by atoms with van der Waals surface area (Å²) in [6, 6.07) is 126. The number of hydrogen-bond donors (Lipinski definition) is 0. The van der Waals surface area contributed by atoms with Gasteiger partial charge in [-0.2, -0.15) is 0 Å². The van der Waals surface area contributed by atoms with Crippen molar-refractivity contribution in [1.29, 1.82) is 0 Å². The van der Waals surface area contributed by atoms with Crippen molar-refractivity contribution in [3.05, 3.63) is 378 Å². The second-order valence-corrected chi connectivity index (χ2v) is 29.7. The van der Waals surface area contributed by atoms with Crippen LogP contribution in [0.15, 0.2) is 328 Å². The van der Waals surface area contributed by atoms with Crippen molar-refractivity contribution in [3.63, 3.8) is 0 Å². The van der Waals surface area contributed by atoms with Crippen LogP contribution in [-0.2, 0) is 16.2 Å².